The largest absolute Gasteiger partial charge is 0.478 e. The van der Waals surface area contributed by atoms with Crippen LogP contribution in [-0.4, -0.2) is 34.2 Å². The van der Waals surface area contributed by atoms with Gasteiger partial charge in [-0.15, -0.1) is 0 Å². The average Bonchev–Trinajstić information content (AvgIpc) is 2.26. The number of rotatable bonds is 6. The molecule has 0 aliphatic heterocycles. The molecule has 0 rings (SSSR count). The molecule has 0 aromatic heterocycles. The number of halogens is 1. The number of hydrogen-bond donors (Lipinski definition) is 2. The number of esters is 1. The van der Waals surface area contributed by atoms with Gasteiger partial charge < -0.3 is 14.9 Å². The van der Waals surface area contributed by atoms with E-state index in [-0.39, 0.29) is 12.0 Å². The van der Waals surface area contributed by atoms with Crippen molar-refractivity contribution in [3.63, 3.8) is 0 Å². The minimum Gasteiger partial charge on any atom is -0.478 e. The molecule has 0 fully saturated rings. The molecule has 1 unspecified atom stereocenters. The van der Waals surface area contributed by atoms with Gasteiger partial charge in [0.05, 0.1) is 5.57 Å². The lowest BCUT2D eigenvalue weighted by Gasteiger charge is -2.17. The first-order chi connectivity index (χ1) is 8.22. The Labute approximate surface area is 112 Å². The summed E-state index contributed by atoms with van der Waals surface area (Å²) in [4.78, 5) is 33.1. The van der Waals surface area contributed by atoms with Crippen LogP contribution in [0.3, 0.4) is 0 Å². The van der Waals surface area contributed by atoms with Crippen molar-refractivity contribution in [2.24, 2.45) is 0 Å². The van der Waals surface area contributed by atoms with Crippen LogP contribution in [0.2, 0.25) is 0 Å². The van der Waals surface area contributed by atoms with Crippen LogP contribution in [0.4, 0.5) is 0 Å². The van der Waals surface area contributed by atoms with E-state index >= 15 is 0 Å². The molecule has 18 heavy (non-hydrogen) atoms. The van der Waals surface area contributed by atoms with E-state index in [1.54, 1.807) is 6.92 Å². The van der Waals surface area contributed by atoms with Crippen LogP contribution in [0, 0.1) is 0 Å². The Morgan fingerprint density at radius 2 is 1.78 bits per heavy atom. The molecule has 0 aliphatic rings. The van der Waals surface area contributed by atoms with Gasteiger partial charge in [0, 0.05) is 5.57 Å². The lowest BCUT2D eigenvalue weighted by atomic mass is 10.1. The van der Waals surface area contributed by atoms with Crippen molar-refractivity contribution in [3.8, 4) is 0 Å². The molecule has 0 amide bonds. The fourth-order valence-corrected chi connectivity index (χ4v) is 1.49. The lowest BCUT2D eigenvalue weighted by Crippen LogP contribution is -2.26. The second-order valence-corrected chi connectivity index (χ2v) is 4.21. The van der Waals surface area contributed by atoms with E-state index in [4.69, 9.17) is 14.9 Å². The SMILES string of the molecule is C=C(C)C(=O)OC(CC)/C(C(=O)O)=C(/Br)C(=O)O. The highest BCUT2D eigenvalue weighted by Crippen LogP contribution is 2.21. The summed E-state index contributed by atoms with van der Waals surface area (Å²) in [7, 11) is 0. The molecular formula is C11H13BrO6. The lowest BCUT2D eigenvalue weighted by molar-refractivity contribution is -0.145. The quantitative estimate of drug-likeness (QED) is 0.570. The highest BCUT2D eigenvalue weighted by atomic mass is 79.9. The van der Waals surface area contributed by atoms with Crippen molar-refractivity contribution < 1.29 is 29.3 Å². The van der Waals surface area contributed by atoms with Gasteiger partial charge in [-0.05, 0) is 29.3 Å². The van der Waals surface area contributed by atoms with Crippen molar-refractivity contribution in [2.75, 3.05) is 0 Å². The Kier molecular flexibility index (Phi) is 6.32. The number of carboxylic acid groups (broad SMARTS) is 2. The number of hydrogen-bond acceptors (Lipinski definition) is 4. The summed E-state index contributed by atoms with van der Waals surface area (Å²) in [5, 5.41) is 17.7. The van der Waals surface area contributed by atoms with Crippen molar-refractivity contribution in [1.82, 2.24) is 0 Å². The molecular weight excluding hydrogens is 308 g/mol. The fraction of sp³-hybridized carbons (Fsp3) is 0.364. The zero-order chi connectivity index (χ0) is 14.5. The highest BCUT2D eigenvalue weighted by molar-refractivity contribution is 9.12. The Hall–Kier alpha value is -1.63. The van der Waals surface area contributed by atoms with E-state index in [1.165, 1.54) is 6.92 Å². The molecule has 7 heteroatoms. The Balaban J connectivity index is 5.40. The molecule has 0 radical (unpaired) electrons. The van der Waals surface area contributed by atoms with Crippen LogP contribution < -0.4 is 0 Å². The zero-order valence-corrected chi connectivity index (χ0v) is 11.5. The number of carbonyl (C=O) groups is 3. The molecule has 0 saturated heterocycles. The molecule has 0 aromatic rings. The zero-order valence-electron chi connectivity index (χ0n) is 9.90. The summed E-state index contributed by atoms with van der Waals surface area (Å²) in [5.41, 5.74) is -0.413. The highest BCUT2D eigenvalue weighted by Gasteiger charge is 2.28. The topological polar surface area (TPSA) is 101 Å². The number of carboxylic acids is 2. The minimum absolute atomic E-state index is 0.102. The van der Waals surface area contributed by atoms with Crippen molar-refractivity contribution in [1.29, 1.82) is 0 Å². The molecule has 0 saturated carbocycles. The van der Waals surface area contributed by atoms with Crippen LogP contribution in [0.25, 0.3) is 0 Å². The van der Waals surface area contributed by atoms with Crippen LogP contribution in [0.1, 0.15) is 20.3 Å². The molecule has 0 heterocycles. The van der Waals surface area contributed by atoms with Gasteiger partial charge in [-0.3, -0.25) is 0 Å². The first-order valence-electron chi connectivity index (χ1n) is 4.95. The first kappa shape index (κ1) is 16.4. The van der Waals surface area contributed by atoms with Gasteiger partial charge in [-0.25, -0.2) is 14.4 Å². The third-order valence-electron chi connectivity index (χ3n) is 1.95. The van der Waals surface area contributed by atoms with E-state index in [2.05, 4.69) is 22.5 Å². The summed E-state index contributed by atoms with van der Waals surface area (Å²) in [5.74, 6) is -3.69. The Bertz CT molecular complexity index is 423. The molecule has 6 nitrogen and oxygen atoms in total. The van der Waals surface area contributed by atoms with Crippen molar-refractivity contribution in [3.05, 3.63) is 22.2 Å². The maximum atomic E-state index is 11.3. The third-order valence-corrected chi connectivity index (χ3v) is 2.71. The van der Waals surface area contributed by atoms with E-state index < -0.39 is 34.1 Å². The van der Waals surface area contributed by atoms with Crippen LogP contribution >= 0.6 is 15.9 Å². The molecule has 0 bridgehead atoms. The van der Waals surface area contributed by atoms with Crippen LogP contribution in [0.5, 0.6) is 0 Å². The number of carbonyl (C=O) groups excluding carboxylic acids is 1. The number of ether oxygens (including phenoxy) is 1. The van der Waals surface area contributed by atoms with E-state index in [9.17, 15) is 14.4 Å². The summed E-state index contributed by atoms with van der Waals surface area (Å²) < 4.78 is 4.34. The van der Waals surface area contributed by atoms with Gasteiger partial charge in [-0.2, -0.15) is 0 Å². The molecule has 2 N–H and O–H groups in total. The molecule has 0 aromatic carbocycles. The minimum atomic E-state index is -1.47. The van der Waals surface area contributed by atoms with E-state index in [0.29, 0.717) is 0 Å². The summed E-state index contributed by atoms with van der Waals surface area (Å²) >= 11 is 2.66. The summed E-state index contributed by atoms with van der Waals surface area (Å²) in [6.45, 7) is 6.34. The normalized spacial score (nSPS) is 13.3. The van der Waals surface area contributed by atoms with Crippen LogP contribution in [-0.2, 0) is 19.1 Å². The van der Waals surface area contributed by atoms with Gasteiger partial charge in [0.1, 0.15) is 10.6 Å². The molecule has 0 aliphatic carbocycles. The average molecular weight is 321 g/mol. The monoisotopic (exact) mass is 320 g/mol. The predicted molar refractivity (Wildman–Crippen MR) is 66.2 cm³/mol. The first-order valence-corrected chi connectivity index (χ1v) is 5.74. The Morgan fingerprint density at radius 1 is 1.28 bits per heavy atom. The number of aliphatic carboxylic acids is 2. The van der Waals surface area contributed by atoms with Gasteiger partial charge in [0.15, 0.2) is 0 Å². The maximum Gasteiger partial charge on any atom is 0.343 e. The van der Waals surface area contributed by atoms with Crippen LogP contribution in [0.15, 0.2) is 22.2 Å². The van der Waals surface area contributed by atoms with Gasteiger partial charge >= 0.3 is 17.9 Å². The fourth-order valence-electron chi connectivity index (χ4n) is 1.06. The second kappa shape index (κ2) is 6.95. The van der Waals surface area contributed by atoms with Crippen molar-refractivity contribution >= 4 is 33.8 Å². The van der Waals surface area contributed by atoms with E-state index in [0.717, 1.165) is 0 Å². The van der Waals surface area contributed by atoms with Crippen molar-refractivity contribution in [2.45, 2.75) is 26.4 Å². The van der Waals surface area contributed by atoms with Gasteiger partial charge in [0.25, 0.3) is 0 Å². The molecule has 100 valence electrons. The molecule has 0 spiro atoms. The van der Waals surface area contributed by atoms with Gasteiger partial charge in [0.2, 0.25) is 0 Å². The third kappa shape index (κ3) is 4.33. The standard InChI is InChI=1S/C11H13BrO6/c1-4-6(18-11(17)5(2)3)7(9(13)14)8(12)10(15)16/h6H,2,4H2,1,3H3,(H,13,14)(H,15,16)/b8-7-. The predicted octanol–water partition coefficient (Wildman–Crippen LogP) is 1.70. The van der Waals surface area contributed by atoms with Gasteiger partial charge in [-0.1, -0.05) is 13.5 Å². The summed E-state index contributed by atoms with van der Waals surface area (Å²) in [6.07, 6.45) is -1.03. The smallest absolute Gasteiger partial charge is 0.343 e. The van der Waals surface area contributed by atoms with E-state index in [1.807, 2.05) is 0 Å². The second-order valence-electron chi connectivity index (χ2n) is 3.42. The molecule has 1 atom stereocenters. The Morgan fingerprint density at radius 3 is 2.06 bits per heavy atom. The maximum absolute atomic E-state index is 11.3. The summed E-state index contributed by atoms with van der Waals surface area (Å²) in [6, 6.07) is 0.